The van der Waals surface area contributed by atoms with Crippen molar-refractivity contribution in [3.05, 3.63) is 41.7 Å². The Kier molecular flexibility index (Phi) is 7.13. The van der Waals surface area contributed by atoms with E-state index in [1.165, 1.54) is 36.8 Å². The second-order valence-electron chi connectivity index (χ2n) is 5.85. The second kappa shape index (κ2) is 9.56. The monoisotopic (exact) mass is 348 g/mol. The molecule has 0 aromatic heterocycles. The number of urea groups is 1. The summed E-state index contributed by atoms with van der Waals surface area (Å²) in [4.78, 5) is 34.8. The molecule has 2 rings (SSSR count). The summed E-state index contributed by atoms with van der Waals surface area (Å²) < 4.78 is 17.5. The van der Waals surface area contributed by atoms with Crippen molar-refractivity contribution in [3.63, 3.8) is 0 Å². The van der Waals surface area contributed by atoms with Gasteiger partial charge in [0.2, 0.25) is 0 Å². The minimum atomic E-state index is -0.729. The summed E-state index contributed by atoms with van der Waals surface area (Å²) in [5.41, 5.74) is 0.620. The van der Waals surface area contributed by atoms with E-state index in [-0.39, 0.29) is 11.9 Å². The Hall–Kier alpha value is -2.70. The summed E-state index contributed by atoms with van der Waals surface area (Å²) in [7, 11) is 0. The van der Waals surface area contributed by atoms with Gasteiger partial charge in [-0.1, -0.05) is 31.4 Å². The normalized spacial score (nSPS) is 14.9. The second-order valence-corrected chi connectivity index (χ2v) is 5.85. The van der Waals surface area contributed by atoms with E-state index in [2.05, 4.69) is 10.6 Å². The fourth-order valence-corrected chi connectivity index (χ4v) is 2.55. The summed E-state index contributed by atoms with van der Waals surface area (Å²) in [6, 6.07) is 5.05. The number of imide groups is 1. The standard InChI is InChI=1S/C18H21FN2O4/c19-14-9-6-13(7-10-14)8-11-17(23)25-12-16(22)21-18(24)20-15-4-2-1-3-5-15/h6-11,15H,1-5,12H2,(H2,20,21,22,24)/b11-8+. The summed E-state index contributed by atoms with van der Waals surface area (Å²) >= 11 is 0. The Balaban J connectivity index is 1.67. The number of hydrogen-bond donors (Lipinski definition) is 2. The van der Waals surface area contributed by atoms with Crippen molar-refractivity contribution in [2.75, 3.05) is 6.61 Å². The highest BCUT2D eigenvalue weighted by Crippen LogP contribution is 2.17. The topological polar surface area (TPSA) is 84.5 Å². The lowest BCUT2D eigenvalue weighted by Crippen LogP contribution is -2.46. The number of hydrogen-bond acceptors (Lipinski definition) is 4. The van der Waals surface area contributed by atoms with Gasteiger partial charge in [0.05, 0.1) is 0 Å². The fourth-order valence-electron chi connectivity index (χ4n) is 2.55. The summed E-state index contributed by atoms with van der Waals surface area (Å²) in [6.45, 7) is -0.551. The molecule has 0 radical (unpaired) electrons. The van der Waals surface area contributed by atoms with E-state index in [1.54, 1.807) is 0 Å². The average Bonchev–Trinajstić information content (AvgIpc) is 2.60. The summed E-state index contributed by atoms with van der Waals surface area (Å²) in [6.07, 6.45) is 7.68. The van der Waals surface area contributed by atoms with Crippen LogP contribution in [0.2, 0.25) is 0 Å². The predicted molar refractivity (Wildman–Crippen MR) is 89.9 cm³/mol. The first-order valence-electron chi connectivity index (χ1n) is 8.23. The molecule has 0 aliphatic heterocycles. The van der Waals surface area contributed by atoms with Gasteiger partial charge in [0.25, 0.3) is 5.91 Å². The molecule has 0 unspecified atom stereocenters. The van der Waals surface area contributed by atoms with Crippen molar-refractivity contribution in [2.45, 2.75) is 38.1 Å². The van der Waals surface area contributed by atoms with Gasteiger partial charge in [-0.05, 0) is 36.6 Å². The van der Waals surface area contributed by atoms with Crippen LogP contribution in [0.3, 0.4) is 0 Å². The largest absolute Gasteiger partial charge is 0.452 e. The van der Waals surface area contributed by atoms with E-state index >= 15 is 0 Å². The molecule has 6 nitrogen and oxygen atoms in total. The third-order valence-electron chi connectivity index (χ3n) is 3.82. The number of rotatable bonds is 5. The maximum atomic E-state index is 12.8. The summed E-state index contributed by atoms with van der Waals surface area (Å²) in [5, 5.41) is 4.86. The number of ether oxygens (including phenoxy) is 1. The first-order valence-corrected chi connectivity index (χ1v) is 8.23. The van der Waals surface area contributed by atoms with Gasteiger partial charge in [-0.2, -0.15) is 0 Å². The highest BCUT2D eigenvalue weighted by Gasteiger charge is 2.17. The number of halogens is 1. The Morgan fingerprint density at radius 3 is 2.48 bits per heavy atom. The van der Waals surface area contributed by atoms with Crippen LogP contribution in [0.15, 0.2) is 30.3 Å². The number of nitrogens with one attached hydrogen (secondary N) is 2. The van der Waals surface area contributed by atoms with Crippen LogP contribution in [0, 0.1) is 5.82 Å². The molecule has 0 atom stereocenters. The first-order chi connectivity index (χ1) is 12.0. The average molecular weight is 348 g/mol. The highest BCUT2D eigenvalue weighted by molar-refractivity contribution is 5.96. The third-order valence-corrected chi connectivity index (χ3v) is 3.82. The predicted octanol–water partition coefficient (Wildman–Crippen LogP) is 2.54. The zero-order valence-electron chi connectivity index (χ0n) is 13.8. The number of carbonyl (C=O) groups excluding carboxylic acids is 3. The van der Waals surface area contributed by atoms with Crippen molar-refractivity contribution in [1.82, 2.24) is 10.6 Å². The molecule has 1 aromatic rings. The molecule has 1 aromatic carbocycles. The van der Waals surface area contributed by atoms with Crippen LogP contribution in [-0.4, -0.2) is 30.6 Å². The van der Waals surface area contributed by atoms with E-state index in [9.17, 15) is 18.8 Å². The van der Waals surface area contributed by atoms with Crippen molar-refractivity contribution in [1.29, 1.82) is 0 Å². The van der Waals surface area contributed by atoms with Gasteiger partial charge in [0, 0.05) is 12.1 Å². The maximum absolute atomic E-state index is 12.8. The highest BCUT2D eigenvalue weighted by atomic mass is 19.1. The fraction of sp³-hybridized carbons (Fsp3) is 0.389. The maximum Gasteiger partial charge on any atom is 0.331 e. The Labute approximate surface area is 145 Å². The van der Waals surface area contributed by atoms with Crippen LogP contribution in [0.25, 0.3) is 6.08 Å². The zero-order valence-corrected chi connectivity index (χ0v) is 13.8. The molecule has 1 aliphatic rings. The van der Waals surface area contributed by atoms with Crippen LogP contribution in [0.5, 0.6) is 0 Å². The third kappa shape index (κ3) is 7.15. The number of carbonyl (C=O) groups is 3. The van der Waals surface area contributed by atoms with Gasteiger partial charge >= 0.3 is 12.0 Å². The van der Waals surface area contributed by atoms with Crippen LogP contribution in [-0.2, 0) is 14.3 Å². The molecular weight excluding hydrogens is 327 g/mol. The van der Waals surface area contributed by atoms with Crippen LogP contribution in [0.4, 0.5) is 9.18 Å². The van der Waals surface area contributed by atoms with Gasteiger partial charge < -0.3 is 10.1 Å². The minimum Gasteiger partial charge on any atom is -0.452 e. The summed E-state index contributed by atoms with van der Waals surface area (Å²) in [5.74, 6) is -1.80. The number of amides is 3. The quantitative estimate of drug-likeness (QED) is 0.633. The molecule has 7 heteroatoms. The lowest BCUT2D eigenvalue weighted by molar-refractivity contribution is -0.143. The van der Waals surface area contributed by atoms with Gasteiger partial charge in [-0.25, -0.2) is 14.0 Å². The first kappa shape index (κ1) is 18.6. The van der Waals surface area contributed by atoms with Crippen LogP contribution in [0.1, 0.15) is 37.7 Å². The molecular formula is C18H21FN2O4. The van der Waals surface area contributed by atoms with Gasteiger partial charge in [0.1, 0.15) is 5.82 Å². The van der Waals surface area contributed by atoms with E-state index < -0.39 is 24.5 Å². The molecule has 0 heterocycles. The van der Waals surface area contributed by atoms with Crippen molar-refractivity contribution in [3.8, 4) is 0 Å². The van der Waals surface area contributed by atoms with Gasteiger partial charge in [0.15, 0.2) is 6.61 Å². The molecule has 25 heavy (non-hydrogen) atoms. The van der Waals surface area contributed by atoms with Crippen molar-refractivity contribution >= 4 is 24.0 Å². The Bertz CT molecular complexity index is 637. The Morgan fingerprint density at radius 1 is 1.12 bits per heavy atom. The molecule has 0 bridgehead atoms. The number of benzene rings is 1. The lowest BCUT2D eigenvalue weighted by Gasteiger charge is -2.22. The Morgan fingerprint density at radius 2 is 1.80 bits per heavy atom. The molecule has 1 aliphatic carbocycles. The van der Waals surface area contributed by atoms with E-state index in [0.29, 0.717) is 5.56 Å². The molecule has 2 N–H and O–H groups in total. The van der Waals surface area contributed by atoms with Gasteiger partial charge in [-0.15, -0.1) is 0 Å². The van der Waals surface area contributed by atoms with E-state index in [4.69, 9.17) is 4.74 Å². The zero-order chi connectivity index (χ0) is 18.1. The molecule has 1 fully saturated rings. The molecule has 1 saturated carbocycles. The lowest BCUT2D eigenvalue weighted by atomic mass is 9.96. The van der Waals surface area contributed by atoms with Gasteiger partial charge in [-0.3, -0.25) is 10.1 Å². The van der Waals surface area contributed by atoms with E-state index in [0.717, 1.165) is 31.8 Å². The molecule has 0 saturated heterocycles. The van der Waals surface area contributed by atoms with Crippen molar-refractivity contribution < 1.29 is 23.5 Å². The van der Waals surface area contributed by atoms with Crippen LogP contribution >= 0.6 is 0 Å². The van der Waals surface area contributed by atoms with E-state index in [1.807, 2.05) is 0 Å². The molecule has 134 valence electrons. The minimum absolute atomic E-state index is 0.0859. The molecule has 3 amide bonds. The van der Waals surface area contributed by atoms with Crippen molar-refractivity contribution in [2.24, 2.45) is 0 Å². The SMILES string of the molecule is O=C(COC(=O)/C=C/c1ccc(F)cc1)NC(=O)NC1CCCCC1. The molecule has 0 spiro atoms. The smallest absolute Gasteiger partial charge is 0.331 e. The number of esters is 1. The van der Waals surface area contributed by atoms with Crippen LogP contribution < -0.4 is 10.6 Å².